The third kappa shape index (κ3) is 5.23. The van der Waals surface area contributed by atoms with Gasteiger partial charge >= 0.3 is 0 Å². The Hall–Kier alpha value is -3.46. The lowest BCUT2D eigenvalue weighted by atomic mass is 10.2. The highest BCUT2D eigenvalue weighted by Crippen LogP contribution is 2.22. The van der Waals surface area contributed by atoms with Crippen molar-refractivity contribution in [3.05, 3.63) is 58.4 Å². The number of hydrogen-bond donors (Lipinski definition) is 1. The number of carbonyl (C=O) groups is 1. The number of fused-ring (bicyclic) bond motifs is 1. The molecule has 0 atom stereocenters. The molecule has 1 aromatic heterocycles. The minimum Gasteiger partial charge on any atom is -0.484 e. The summed E-state index contributed by atoms with van der Waals surface area (Å²) >= 11 is 0. The van der Waals surface area contributed by atoms with E-state index in [1.807, 2.05) is 25.2 Å². The Morgan fingerprint density at radius 1 is 1.12 bits per heavy atom. The van der Waals surface area contributed by atoms with E-state index in [1.54, 1.807) is 0 Å². The first-order valence-electron chi connectivity index (χ1n) is 10.8. The van der Waals surface area contributed by atoms with Crippen LogP contribution < -0.4 is 10.1 Å². The average Bonchev–Trinajstić information content (AvgIpc) is 2.94. The van der Waals surface area contributed by atoms with Gasteiger partial charge in [-0.1, -0.05) is 12.8 Å². The number of ether oxygens (including phenoxy) is 1. The summed E-state index contributed by atoms with van der Waals surface area (Å²) in [6, 6.07) is 11.3. The van der Waals surface area contributed by atoms with Crippen LogP contribution in [0.15, 0.2) is 42.5 Å². The molecular weight excluding hydrogens is 410 g/mol. The number of nitrogens with one attached hydrogen (secondary N) is 1. The predicted molar refractivity (Wildman–Crippen MR) is 122 cm³/mol. The average molecular weight is 438 g/mol. The smallest absolute Gasteiger partial charge is 0.269 e. The molecule has 9 nitrogen and oxygen atoms in total. The molecule has 2 aromatic carbocycles. The maximum absolute atomic E-state index is 12.3. The van der Waals surface area contributed by atoms with E-state index in [2.05, 4.69) is 14.8 Å². The maximum atomic E-state index is 12.3. The number of carbonyl (C=O) groups excluding carboxylic acids is 1. The van der Waals surface area contributed by atoms with Crippen molar-refractivity contribution in [1.82, 2.24) is 14.5 Å². The van der Waals surface area contributed by atoms with E-state index in [9.17, 15) is 14.9 Å². The van der Waals surface area contributed by atoms with Crippen LogP contribution in [0.25, 0.3) is 11.0 Å². The molecule has 0 saturated carbocycles. The summed E-state index contributed by atoms with van der Waals surface area (Å²) in [5, 5.41) is 13.5. The summed E-state index contributed by atoms with van der Waals surface area (Å²) in [6.07, 6.45) is 5.08. The maximum Gasteiger partial charge on any atom is 0.269 e. The van der Waals surface area contributed by atoms with Crippen LogP contribution in [0, 0.1) is 10.1 Å². The molecule has 3 aromatic rings. The first kappa shape index (κ1) is 21.8. The second kappa shape index (κ2) is 9.78. The van der Waals surface area contributed by atoms with Crippen molar-refractivity contribution in [1.29, 1.82) is 0 Å². The molecule has 1 aliphatic rings. The molecule has 1 aliphatic heterocycles. The van der Waals surface area contributed by atoms with Crippen LogP contribution in [0.1, 0.15) is 31.5 Å². The van der Waals surface area contributed by atoms with Gasteiger partial charge in [-0.15, -0.1) is 0 Å². The molecule has 9 heteroatoms. The SMILES string of the molecule is Cn1c(CN2CCCCCC2)nc2cc(NC(=O)COc3ccc([N+](=O)[O-])cc3)ccc21. The topological polar surface area (TPSA) is 103 Å². The highest BCUT2D eigenvalue weighted by atomic mass is 16.6. The standard InChI is InChI=1S/C23H27N5O4/c1-26-21-11-6-17(14-20(21)25-22(26)15-27-12-4-2-3-5-13-27)24-23(29)16-32-19-9-7-18(8-10-19)28(30)31/h6-11,14H,2-5,12-13,15-16H2,1H3,(H,24,29). The van der Waals surface area contributed by atoms with Gasteiger partial charge in [-0.2, -0.15) is 0 Å². The lowest BCUT2D eigenvalue weighted by Crippen LogP contribution is -2.25. The van der Waals surface area contributed by atoms with Crippen molar-refractivity contribution in [2.75, 3.05) is 25.0 Å². The molecule has 0 spiro atoms. The zero-order valence-electron chi connectivity index (χ0n) is 18.1. The molecule has 168 valence electrons. The number of non-ortho nitro benzene ring substituents is 1. The molecule has 1 saturated heterocycles. The number of benzene rings is 2. The number of hydrogen-bond acceptors (Lipinski definition) is 6. The fraction of sp³-hybridized carbons (Fsp3) is 0.391. The normalized spacial score (nSPS) is 14.8. The number of amides is 1. The van der Waals surface area contributed by atoms with E-state index >= 15 is 0 Å². The van der Waals surface area contributed by atoms with Crippen molar-refractivity contribution in [2.45, 2.75) is 32.2 Å². The van der Waals surface area contributed by atoms with Crippen LogP contribution in [-0.4, -0.2) is 45.0 Å². The molecule has 4 rings (SSSR count). The highest BCUT2D eigenvalue weighted by molar-refractivity contribution is 5.94. The molecule has 1 amide bonds. The molecule has 1 fully saturated rings. The Balaban J connectivity index is 1.37. The van der Waals surface area contributed by atoms with Crippen LogP contribution in [0.5, 0.6) is 5.75 Å². The summed E-state index contributed by atoms with van der Waals surface area (Å²) < 4.78 is 7.53. The molecule has 0 unspecified atom stereocenters. The quantitative estimate of drug-likeness (QED) is 0.445. The lowest BCUT2D eigenvalue weighted by Gasteiger charge is -2.19. The summed E-state index contributed by atoms with van der Waals surface area (Å²) in [6.45, 7) is 2.85. The van der Waals surface area contributed by atoms with Gasteiger partial charge in [-0.3, -0.25) is 19.8 Å². The summed E-state index contributed by atoms with van der Waals surface area (Å²) in [7, 11) is 2.03. The van der Waals surface area contributed by atoms with Gasteiger partial charge in [-0.25, -0.2) is 4.98 Å². The number of imidazole rings is 1. The van der Waals surface area contributed by atoms with E-state index < -0.39 is 4.92 Å². The number of rotatable bonds is 7. The third-order valence-corrected chi connectivity index (χ3v) is 5.74. The number of likely N-dealkylation sites (tertiary alicyclic amines) is 1. The molecular formula is C23H27N5O4. The molecule has 1 N–H and O–H groups in total. The lowest BCUT2D eigenvalue weighted by molar-refractivity contribution is -0.384. The number of anilines is 1. The minimum atomic E-state index is -0.483. The molecule has 0 aliphatic carbocycles. The minimum absolute atomic E-state index is 0.0272. The third-order valence-electron chi connectivity index (χ3n) is 5.74. The summed E-state index contributed by atoms with van der Waals surface area (Å²) in [5.74, 6) is 1.10. The predicted octanol–water partition coefficient (Wildman–Crippen LogP) is 3.88. The van der Waals surface area contributed by atoms with Gasteiger partial charge in [-0.05, 0) is 56.3 Å². The second-order valence-electron chi connectivity index (χ2n) is 8.07. The largest absolute Gasteiger partial charge is 0.484 e. The molecule has 0 bridgehead atoms. The van der Waals surface area contributed by atoms with Crippen LogP contribution in [0.3, 0.4) is 0 Å². The van der Waals surface area contributed by atoms with E-state index in [1.165, 1.54) is 49.9 Å². The van der Waals surface area contributed by atoms with Gasteiger partial charge in [0, 0.05) is 24.9 Å². The van der Waals surface area contributed by atoms with Crippen LogP contribution in [0.4, 0.5) is 11.4 Å². The fourth-order valence-corrected chi connectivity index (χ4v) is 3.97. The number of aromatic nitrogens is 2. The monoisotopic (exact) mass is 437 g/mol. The van der Waals surface area contributed by atoms with E-state index in [4.69, 9.17) is 9.72 Å². The van der Waals surface area contributed by atoms with E-state index in [0.717, 1.165) is 36.5 Å². The molecule has 0 radical (unpaired) electrons. The van der Waals surface area contributed by atoms with Gasteiger partial charge in [0.2, 0.25) is 0 Å². The van der Waals surface area contributed by atoms with E-state index in [0.29, 0.717) is 11.4 Å². The van der Waals surface area contributed by atoms with Crippen LogP contribution in [-0.2, 0) is 18.4 Å². The van der Waals surface area contributed by atoms with E-state index in [-0.39, 0.29) is 18.2 Å². The Labute approximate surface area is 186 Å². The van der Waals surface area contributed by atoms with Crippen molar-refractivity contribution in [3.63, 3.8) is 0 Å². The number of nitrogens with zero attached hydrogens (tertiary/aromatic N) is 4. The highest BCUT2D eigenvalue weighted by Gasteiger charge is 2.15. The first-order chi connectivity index (χ1) is 15.5. The van der Waals surface area contributed by atoms with Gasteiger partial charge in [0.05, 0.1) is 22.5 Å². The Bertz CT molecular complexity index is 1100. The number of aryl methyl sites for hydroxylation is 1. The van der Waals surface area contributed by atoms with Crippen molar-refractivity contribution in [3.8, 4) is 5.75 Å². The molecule has 32 heavy (non-hydrogen) atoms. The zero-order valence-corrected chi connectivity index (χ0v) is 18.1. The number of nitro groups is 1. The van der Waals surface area contributed by atoms with Crippen molar-refractivity contribution >= 4 is 28.3 Å². The number of nitro benzene ring substituents is 1. The molecule has 2 heterocycles. The first-order valence-corrected chi connectivity index (χ1v) is 10.8. The zero-order chi connectivity index (χ0) is 22.5. The Kier molecular flexibility index (Phi) is 6.65. The van der Waals surface area contributed by atoms with Gasteiger partial charge in [0.1, 0.15) is 11.6 Å². The Morgan fingerprint density at radius 3 is 2.53 bits per heavy atom. The van der Waals surface area contributed by atoms with Gasteiger partial charge in [0.25, 0.3) is 11.6 Å². The summed E-state index contributed by atoms with van der Waals surface area (Å²) in [5.41, 5.74) is 2.48. The fourth-order valence-electron chi connectivity index (χ4n) is 3.97. The van der Waals surface area contributed by atoms with Crippen LogP contribution >= 0.6 is 0 Å². The Morgan fingerprint density at radius 2 is 1.84 bits per heavy atom. The summed E-state index contributed by atoms with van der Waals surface area (Å²) in [4.78, 5) is 29.8. The van der Waals surface area contributed by atoms with Gasteiger partial charge in [0.15, 0.2) is 6.61 Å². The second-order valence-corrected chi connectivity index (χ2v) is 8.07. The van der Waals surface area contributed by atoms with Crippen molar-refractivity contribution in [2.24, 2.45) is 7.05 Å². The van der Waals surface area contributed by atoms with Crippen molar-refractivity contribution < 1.29 is 14.5 Å². The van der Waals surface area contributed by atoms with Gasteiger partial charge < -0.3 is 14.6 Å². The van der Waals surface area contributed by atoms with Crippen LogP contribution in [0.2, 0.25) is 0 Å².